The normalized spacial score (nSPS) is 24.7. The van der Waals surface area contributed by atoms with E-state index >= 15 is 0 Å². The van der Waals surface area contributed by atoms with Crippen molar-refractivity contribution in [3.05, 3.63) is 36.5 Å². The van der Waals surface area contributed by atoms with Crippen molar-refractivity contribution in [3.63, 3.8) is 0 Å². The summed E-state index contributed by atoms with van der Waals surface area (Å²) in [6.07, 6.45) is 11.4. The largest absolute Gasteiger partial charge is 0.289 e. The van der Waals surface area contributed by atoms with Crippen molar-refractivity contribution in [2.24, 2.45) is 28.7 Å². The highest BCUT2D eigenvalue weighted by atomic mass is 14.7. The van der Waals surface area contributed by atoms with Crippen LogP contribution in [0.15, 0.2) is 41.4 Å². The third-order valence-corrected chi connectivity index (χ3v) is 4.68. The van der Waals surface area contributed by atoms with E-state index in [-0.39, 0.29) is 0 Å². The quantitative estimate of drug-likeness (QED) is 0.432. The van der Waals surface area contributed by atoms with Gasteiger partial charge in [0.05, 0.1) is 6.54 Å². The van der Waals surface area contributed by atoms with Crippen LogP contribution in [0.3, 0.4) is 0 Å². The maximum Gasteiger partial charge on any atom is 0.0636 e. The number of nitrogens with zero attached hydrogens (tertiary/aromatic N) is 1. The molecule has 112 valence electrons. The first-order valence-corrected chi connectivity index (χ1v) is 8.05. The van der Waals surface area contributed by atoms with E-state index in [1.54, 1.807) is 0 Å². The first-order chi connectivity index (χ1) is 9.53. The van der Waals surface area contributed by atoms with Crippen LogP contribution in [0.5, 0.6) is 0 Å². The van der Waals surface area contributed by atoms with Gasteiger partial charge in [0, 0.05) is 5.71 Å². The predicted octanol–water partition coefficient (Wildman–Crippen LogP) is 5.45. The number of allylic oxidation sites excluding steroid dienone is 3. The summed E-state index contributed by atoms with van der Waals surface area (Å²) >= 11 is 0. The summed E-state index contributed by atoms with van der Waals surface area (Å²) in [5, 5.41) is 0. The van der Waals surface area contributed by atoms with Crippen LogP contribution < -0.4 is 0 Å². The molecule has 0 aromatic carbocycles. The highest BCUT2D eigenvalue weighted by molar-refractivity contribution is 5.84. The third-order valence-electron chi connectivity index (χ3n) is 4.68. The Morgan fingerprint density at radius 1 is 1.40 bits per heavy atom. The highest BCUT2D eigenvalue weighted by Crippen LogP contribution is 2.29. The Labute approximate surface area is 125 Å². The van der Waals surface area contributed by atoms with Crippen LogP contribution in [0, 0.1) is 23.7 Å². The Morgan fingerprint density at radius 2 is 2.05 bits per heavy atom. The van der Waals surface area contributed by atoms with Gasteiger partial charge in [0.1, 0.15) is 0 Å². The van der Waals surface area contributed by atoms with Crippen LogP contribution in [0.25, 0.3) is 0 Å². The van der Waals surface area contributed by atoms with Crippen molar-refractivity contribution in [1.82, 2.24) is 0 Å². The lowest BCUT2D eigenvalue weighted by Crippen LogP contribution is -2.18. The maximum absolute atomic E-state index is 4.79. The number of aliphatic imine (C=N–C) groups is 1. The smallest absolute Gasteiger partial charge is 0.0636 e. The van der Waals surface area contributed by atoms with Crippen molar-refractivity contribution in [2.45, 2.75) is 47.5 Å². The molecule has 0 saturated carbocycles. The van der Waals surface area contributed by atoms with Gasteiger partial charge in [0.25, 0.3) is 0 Å². The summed E-state index contributed by atoms with van der Waals surface area (Å²) in [5.41, 5.74) is 2.66. The van der Waals surface area contributed by atoms with Gasteiger partial charge in [-0.05, 0) is 49.0 Å². The van der Waals surface area contributed by atoms with E-state index in [4.69, 9.17) is 4.99 Å². The summed E-state index contributed by atoms with van der Waals surface area (Å²) in [6.45, 7) is 16.0. The minimum Gasteiger partial charge on any atom is -0.289 e. The average molecular weight is 273 g/mol. The molecule has 0 bridgehead atoms. The molecule has 0 amide bonds. The Kier molecular flexibility index (Phi) is 6.98. The van der Waals surface area contributed by atoms with Crippen LogP contribution in [-0.2, 0) is 0 Å². The highest BCUT2D eigenvalue weighted by Gasteiger charge is 2.20. The molecule has 0 fully saturated rings. The average Bonchev–Trinajstić information content (AvgIpc) is 2.45. The molecule has 0 radical (unpaired) electrons. The lowest BCUT2D eigenvalue weighted by atomic mass is 9.79. The van der Waals surface area contributed by atoms with Gasteiger partial charge >= 0.3 is 0 Å². The van der Waals surface area contributed by atoms with E-state index in [0.29, 0.717) is 23.7 Å². The second-order valence-electron chi connectivity index (χ2n) is 6.10. The van der Waals surface area contributed by atoms with Gasteiger partial charge in [0.15, 0.2) is 0 Å². The van der Waals surface area contributed by atoms with Gasteiger partial charge in [-0.1, -0.05) is 52.0 Å². The Bertz CT molecular complexity index is 396. The van der Waals surface area contributed by atoms with E-state index in [2.05, 4.69) is 65.5 Å². The second kappa shape index (κ2) is 8.24. The molecular formula is C19H31N. The molecule has 1 nitrogen and oxygen atoms in total. The summed E-state index contributed by atoms with van der Waals surface area (Å²) in [4.78, 5) is 4.79. The van der Waals surface area contributed by atoms with E-state index in [1.807, 2.05) is 0 Å². The minimum atomic E-state index is 0.536. The predicted molar refractivity (Wildman–Crippen MR) is 91.3 cm³/mol. The topological polar surface area (TPSA) is 12.4 Å². The maximum atomic E-state index is 4.79. The second-order valence-corrected chi connectivity index (χ2v) is 6.10. The van der Waals surface area contributed by atoms with Crippen LogP contribution in [0.1, 0.15) is 47.5 Å². The van der Waals surface area contributed by atoms with E-state index in [9.17, 15) is 0 Å². The van der Waals surface area contributed by atoms with Gasteiger partial charge < -0.3 is 0 Å². The SMILES string of the molecule is C=CC(C)[C@H]1C=CC(CN=C(C)C(CC)CC)=CC1C. The van der Waals surface area contributed by atoms with Gasteiger partial charge in [-0.15, -0.1) is 6.58 Å². The fourth-order valence-corrected chi connectivity index (χ4v) is 3.06. The van der Waals surface area contributed by atoms with E-state index < -0.39 is 0 Å². The van der Waals surface area contributed by atoms with Crippen molar-refractivity contribution in [3.8, 4) is 0 Å². The Hall–Kier alpha value is -1.11. The lowest BCUT2D eigenvalue weighted by Gasteiger charge is -2.26. The van der Waals surface area contributed by atoms with Crippen molar-refractivity contribution in [1.29, 1.82) is 0 Å². The number of rotatable bonds is 7. The molecule has 0 spiro atoms. The van der Waals surface area contributed by atoms with E-state index in [0.717, 1.165) is 6.54 Å². The van der Waals surface area contributed by atoms with Gasteiger partial charge in [-0.3, -0.25) is 4.99 Å². The minimum absolute atomic E-state index is 0.536. The molecule has 1 aliphatic rings. The standard InChI is InChI=1S/C19H31N/c1-7-14(4)19-11-10-17(12-15(19)5)13-20-16(6)18(8-2)9-3/h7,10-12,14-15,18-19H,1,8-9,13H2,2-6H3/t14?,15?,19-/m1/s1. The molecule has 1 rings (SSSR count). The molecule has 0 N–H and O–H groups in total. The fourth-order valence-electron chi connectivity index (χ4n) is 3.06. The summed E-state index contributed by atoms with van der Waals surface area (Å²) in [7, 11) is 0. The molecule has 20 heavy (non-hydrogen) atoms. The van der Waals surface area contributed by atoms with Crippen LogP contribution in [-0.4, -0.2) is 12.3 Å². The summed E-state index contributed by atoms with van der Waals surface area (Å²) in [6, 6.07) is 0. The van der Waals surface area contributed by atoms with Crippen LogP contribution in [0.4, 0.5) is 0 Å². The van der Waals surface area contributed by atoms with Gasteiger partial charge in [-0.25, -0.2) is 0 Å². The first kappa shape index (κ1) is 16.9. The molecule has 0 aliphatic heterocycles. The van der Waals surface area contributed by atoms with Gasteiger partial charge in [0.2, 0.25) is 0 Å². The molecule has 0 aromatic rings. The molecule has 2 unspecified atom stereocenters. The van der Waals surface area contributed by atoms with Crippen LogP contribution in [0.2, 0.25) is 0 Å². The zero-order valence-electron chi connectivity index (χ0n) is 13.9. The molecule has 1 aliphatic carbocycles. The molecule has 0 saturated heterocycles. The monoisotopic (exact) mass is 273 g/mol. The molecule has 0 heterocycles. The Balaban J connectivity index is 2.66. The number of hydrogen-bond donors (Lipinski definition) is 0. The molecule has 0 aromatic heterocycles. The van der Waals surface area contributed by atoms with Crippen molar-refractivity contribution in [2.75, 3.05) is 6.54 Å². The van der Waals surface area contributed by atoms with E-state index in [1.165, 1.54) is 24.1 Å². The fraction of sp³-hybridized carbons (Fsp3) is 0.632. The zero-order valence-corrected chi connectivity index (χ0v) is 13.9. The van der Waals surface area contributed by atoms with Gasteiger partial charge in [-0.2, -0.15) is 0 Å². The first-order valence-electron chi connectivity index (χ1n) is 8.05. The van der Waals surface area contributed by atoms with Crippen LogP contribution >= 0.6 is 0 Å². The summed E-state index contributed by atoms with van der Waals surface area (Å²) < 4.78 is 0. The molecule has 1 heteroatoms. The third kappa shape index (κ3) is 4.47. The number of hydrogen-bond acceptors (Lipinski definition) is 1. The lowest BCUT2D eigenvalue weighted by molar-refractivity contribution is 0.412. The van der Waals surface area contributed by atoms with Crippen molar-refractivity contribution < 1.29 is 0 Å². The zero-order chi connectivity index (χ0) is 15.1. The Morgan fingerprint density at radius 3 is 2.55 bits per heavy atom. The molecule has 3 atom stereocenters. The summed E-state index contributed by atoms with van der Waals surface area (Å²) in [5.74, 6) is 2.34. The van der Waals surface area contributed by atoms with Crippen molar-refractivity contribution >= 4 is 5.71 Å². The molecular weight excluding hydrogens is 242 g/mol.